The second kappa shape index (κ2) is 11.7. The van der Waals surface area contributed by atoms with Crippen LogP contribution in [0.5, 0.6) is 0 Å². The molecule has 0 atom stereocenters. The monoisotopic (exact) mass is 606 g/mol. The first-order valence-electron chi connectivity index (χ1n) is 15.0. The molecule has 230 valence electrons. The number of rotatable bonds is 6. The highest BCUT2D eigenvalue weighted by molar-refractivity contribution is 6.03. The molecule has 1 aliphatic rings. The van der Waals surface area contributed by atoms with Crippen molar-refractivity contribution in [1.82, 2.24) is 20.1 Å². The molecule has 6 N–H and O–H groups in total. The SMILES string of the molecule is Cc1[nH]c(-c2ccc(-c3cc(C4CCN(C(=O)C(C)C)CC4)cc4[nH]nc(N)c34)cc2)c(C(N)=O)c(=O)c1-c1ccc(F)cc1. The predicted octanol–water partition coefficient (Wildman–Crippen LogP) is 5.74. The van der Waals surface area contributed by atoms with E-state index in [-0.39, 0.29) is 28.9 Å². The van der Waals surface area contributed by atoms with Crippen LogP contribution in [-0.4, -0.2) is 45.0 Å². The van der Waals surface area contributed by atoms with Crippen molar-refractivity contribution in [2.75, 3.05) is 18.8 Å². The number of nitrogens with one attached hydrogen (secondary N) is 2. The van der Waals surface area contributed by atoms with Crippen LogP contribution in [0.15, 0.2) is 65.5 Å². The molecule has 3 aromatic carbocycles. The molecule has 10 heteroatoms. The Labute approximate surface area is 259 Å². The van der Waals surface area contributed by atoms with Gasteiger partial charge in [-0.1, -0.05) is 50.2 Å². The van der Waals surface area contributed by atoms with Gasteiger partial charge in [-0.2, -0.15) is 5.10 Å². The molecular weight excluding hydrogens is 571 g/mol. The number of nitrogen functional groups attached to an aromatic ring is 1. The van der Waals surface area contributed by atoms with E-state index in [2.05, 4.69) is 27.3 Å². The van der Waals surface area contributed by atoms with Gasteiger partial charge in [0.2, 0.25) is 11.3 Å². The number of H-pyrrole nitrogens is 2. The molecule has 2 amide bonds. The number of primary amides is 1. The number of nitrogens with two attached hydrogens (primary N) is 2. The first-order chi connectivity index (χ1) is 21.5. The minimum atomic E-state index is -0.861. The zero-order valence-electron chi connectivity index (χ0n) is 25.4. The molecule has 1 fully saturated rings. The summed E-state index contributed by atoms with van der Waals surface area (Å²) in [5.74, 6) is -0.455. The Bertz CT molecular complexity index is 1990. The van der Waals surface area contributed by atoms with Crippen LogP contribution in [0.3, 0.4) is 0 Å². The number of piperidine rings is 1. The number of likely N-dealkylation sites (tertiary alicyclic amines) is 1. The molecule has 0 bridgehead atoms. The normalized spacial score (nSPS) is 13.9. The van der Waals surface area contributed by atoms with Crippen LogP contribution in [0, 0.1) is 18.7 Å². The topological polar surface area (TPSA) is 151 Å². The van der Waals surface area contributed by atoms with Gasteiger partial charge in [-0.05, 0) is 77.8 Å². The van der Waals surface area contributed by atoms with Gasteiger partial charge in [0.25, 0.3) is 5.91 Å². The molecule has 0 spiro atoms. The van der Waals surface area contributed by atoms with Crippen LogP contribution in [0.2, 0.25) is 0 Å². The fourth-order valence-electron chi connectivity index (χ4n) is 6.42. The third kappa shape index (κ3) is 5.48. The van der Waals surface area contributed by atoms with Gasteiger partial charge in [-0.25, -0.2) is 4.39 Å². The molecule has 5 aromatic rings. The van der Waals surface area contributed by atoms with Gasteiger partial charge < -0.3 is 21.4 Å². The van der Waals surface area contributed by atoms with Gasteiger partial charge in [0.1, 0.15) is 11.4 Å². The van der Waals surface area contributed by atoms with E-state index in [1.165, 1.54) is 24.3 Å². The van der Waals surface area contributed by atoms with Crippen LogP contribution < -0.4 is 16.9 Å². The summed E-state index contributed by atoms with van der Waals surface area (Å²) in [5, 5.41) is 8.13. The second-order valence-corrected chi connectivity index (χ2v) is 12.0. The molecule has 45 heavy (non-hydrogen) atoms. The van der Waals surface area contributed by atoms with E-state index >= 15 is 0 Å². The van der Waals surface area contributed by atoms with E-state index in [9.17, 15) is 18.8 Å². The number of aryl methyl sites for hydroxylation is 1. The third-order valence-corrected chi connectivity index (χ3v) is 8.74. The molecule has 1 aliphatic heterocycles. The Balaban J connectivity index is 1.37. The van der Waals surface area contributed by atoms with Crippen molar-refractivity contribution in [3.8, 4) is 33.5 Å². The lowest BCUT2D eigenvalue weighted by Gasteiger charge is -2.33. The average Bonchev–Trinajstić information content (AvgIpc) is 3.41. The maximum atomic E-state index is 13.6. The molecule has 0 unspecified atom stereocenters. The standard InChI is InChI=1S/C35H35FN6O3/c1-18(2)35(45)42-14-12-20(13-15-42)24-16-26(29-27(17-24)40-41-33(29)37)21-4-6-23(7-5-21)31-30(34(38)44)32(43)28(19(3)39-31)22-8-10-25(36)11-9-22/h4-11,16-18,20H,12-15H2,1-3H3,(H2,38,44)(H,39,43)(H3,37,40,41). The van der Waals surface area contributed by atoms with Crippen molar-refractivity contribution in [3.63, 3.8) is 0 Å². The Morgan fingerprint density at radius 2 is 1.60 bits per heavy atom. The summed E-state index contributed by atoms with van der Waals surface area (Å²) in [6, 6.07) is 17.2. The molecule has 9 nitrogen and oxygen atoms in total. The van der Waals surface area contributed by atoms with Crippen LogP contribution in [0.4, 0.5) is 10.2 Å². The molecule has 3 heterocycles. The van der Waals surface area contributed by atoms with Crippen molar-refractivity contribution in [1.29, 1.82) is 0 Å². The van der Waals surface area contributed by atoms with Crippen molar-refractivity contribution >= 4 is 28.5 Å². The molecular formula is C35H35FN6O3. The summed E-state index contributed by atoms with van der Waals surface area (Å²) in [4.78, 5) is 43.8. The predicted molar refractivity (Wildman–Crippen MR) is 174 cm³/mol. The number of benzene rings is 3. The molecule has 0 saturated carbocycles. The van der Waals surface area contributed by atoms with E-state index in [4.69, 9.17) is 11.5 Å². The van der Waals surface area contributed by atoms with Crippen LogP contribution in [-0.2, 0) is 4.79 Å². The molecule has 2 aromatic heterocycles. The van der Waals surface area contributed by atoms with E-state index in [1.54, 1.807) is 6.92 Å². The second-order valence-electron chi connectivity index (χ2n) is 12.0. The van der Waals surface area contributed by atoms with Crippen molar-refractivity contribution in [2.24, 2.45) is 11.7 Å². The largest absolute Gasteiger partial charge is 0.382 e. The lowest BCUT2D eigenvalue weighted by Crippen LogP contribution is -2.40. The van der Waals surface area contributed by atoms with E-state index in [1.807, 2.05) is 43.0 Å². The minimum absolute atomic E-state index is 0.0195. The zero-order valence-corrected chi connectivity index (χ0v) is 25.4. The summed E-state index contributed by atoms with van der Waals surface area (Å²) in [6.45, 7) is 7.03. The highest BCUT2D eigenvalue weighted by atomic mass is 19.1. The average molecular weight is 607 g/mol. The highest BCUT2D eigenvalue weighted by Crippen LogP contribution is 2.38. The van der Waals surface area contributed by atoms with Crippen molar-refractivity contribution < 1.29 is 14.0 Å². The fraction of sp³-hybridized carbons (Fsp3) is 0.257. The lowest BCUT2D eigenvalue weighted by atomic mass is 9.86. The summed E-state index contributed by atoms with van der Waals surface area (Å²) in [5.41, 5.74) is 17.3. The van der Waals surface area contributed by atoms with Gasteiger partial charge in [-0.15, -0.1) is 0 Å². The van der Waals surface area contributed by atoms with E-state index in [0.717, 1.165) is 40.4 Å². The van der Waals surface area contributed by atoms with Gasteiger partial charge >= 0.3 is 0 Å². The first-order valence-corrected chi connectivity index (χ1v) is 15.0. The number of amides is 2. The Hall–Kier alpha value is -5.25. The maximum absolute atomic E-state index is 13.6. The quantitative estimate of drug-likeness (QED) is 0.194. The Morgan fingerprint density at radius 3 is 2.22 bits per heavy atom. The Morgan fingerprint density at radius 1 is 0.978 bits per heavy atom. The maximum Gasteiger partial charge on any atom is 0.254 e. The number of fused-ring (bicyclic) bond motifs is 1. The number of aromatic nitrogens is 3. The van der Waals surface area contributed by atoms with Gasteiger partial charge in [0.05, 0.1) is 16.6 Å². The van der Waals surface area contributed by atoms with Crippen LogP contribution in [0.25, 0.3) is 44.4 Å². The van der Waals surface area contributed by atoms with Gasteiger partial charge in [-0.3, -0.25) is 19.5 Å². The smallest absolute Gasteiger partial charge is 0.254 e. The van der Waals surface area contributed by atoms with E-state index < -0.39 is 17.2 Å². The van der Waals surface area contributed by atoms with Crippen molar-refractivity contribution in [3.05, 3.63) is 93.5 Å². The molecule has 0 aliphatic carbocycles. The number of hydrogen-bond donors (Lipinski definition) is 4. The first kappa shape index (κ1) is 29.8. The van der Waals surface area contributed by atoms with Gasteiger partial charge in [0, 0.05) is 30.3 Å². The summed E-state index contributed by atoms with van der Waals surface area (Å²) < 4.78 is 13.5. The molecule has 1 saturated heterocycles. The Kier molecular flexibility index (Phi) is 7.74. The minimum Gasteiger partial charge on any atom is -0.382 e. The number of nitrogens with zero attached hydrogens (tertiary/aromatic N) is 2. The number of carbonyl (C=O) groups is 2. The van der Waals surface area contributed by atoms with Crippen LogP contribution >= 0.6 is 0 Å². The summed E-state index contributed by atoms with van der Waals surface area (Å²) in [7, 11) is 0. The molecule has 0 radical (unpaired) electrons. The number of halogens is 1. The lowest BCUT2D eigenvalue weighted by molar-refractivity contribution is -0.135. The van der Waals surface area contributed by atoms with Crippen LogP contribution in [0.1, 0.15) is 54.2 Å². The third-order valence-electron chi connectivity index (χ3n) is 8.74. The summed E-state index contributed by atoms with van der Waals surface area (Å²) in [6.07, 6.45) is 1.73. The zero-order chi connectivity index (χ0) is 32.0. The van der Waals surface area contributed by atoms with E-state index in [0.29, 0.717) is 41.4 Å². The fourth-order valence-corrected chi connectivity index (χ4v) is 6.42. The van der Waals surface area contributed by atoms with Crippen molar-refractivity contribution in [2.45, 2.75) is 39.5 Å². The number of carbonyl (C=O) groups excluding carboxylic acids is 2. The summed E-state index contributed by atoms with van der Waals surface area (Å²) >= 11 is 0. The number of pyridine rings is 1. The van der Waals surface area contributed by atoms with Gasteiger partial charge in [0.15, 0.2) is 5.82 Å². The highest BCUT2D eigenvalue weighted by Gasteiger charge is 2.27. The molecule has 6 rings (SSSR count). The number of hydrogen-bond acceptors (Lipinski definition) is 5. The number of anilines is 1. The number of aromatic amines is 2.